The zero-order valence-corrected chi connectivity index (χ0v) is 24.5. The Labute approximate surface area is 242 Å². The van der Waals surface area contributed by atoms with Crippen LogP contribution < -0.4 is 24.4 Å². The second-order valence-electron chi connectivity index (χ2n) is 10.0. The summed E-state index contributed by atoms with van der Waals surface area (Å²) in [7, 11) is 2.93. The van der Waals surface area contributed by atoms with E-state index in [1.54, 1.807) is 24.7 Å². The SMILES string of the molecule is COC(=O)C1=C(C)N=c2s/c(=C\c3cccc(OC)c3OCc3ccccc3)c(=O)n2C1c1ccc(C(C)C)cc1. The maximum Gasteiger partial charge on any atom is 0.338 e. The molecule has 7 nitrogen and oxygen atoms in total. The Morgan fingerprint density at radius 1 is 1.02 bits per heavy atom. The van der Waals surface area contributed by atoms with Crippen molar-refractivity contribution in [3.63, 3.8) is 0 Å². The second kappa shape index (κ2) is 12.0. The van der Waals surface area contributed by atoms with E-state index < -0.39 is 12.0 Å². The number of fused-ring (bicyclic) bond motifs is 1. The number of carbonyl (C=O) groups excluding carboxylic acids is 1. The first-order valence-corrected chi connectivity index (χ1v) is 14.2. The first kappa shape index (κ1) is 28.1. The number of ether oxygens (including phenoxy) is 3. The van der Waals surface area contributed by atoms with E-state index in [1.807, 2.05) is 72.8 Å². The van der Waals surface area contributed by atoms with Gasteiger partial charge in [0.2, 0.25) is 0 Å². The van der Waals surface area contributed by atoms with Crippen LogP contribution in [0.5, 0.6) is 11.5 Å². The number of allylic oxidation sites excluding steroid dienone is 1. The van der Waals surface area contributed by atoms with E-state index in [0.717, 1.165) is 11.1 Å². The number of para-hydroxylation sites is 1. The van der Waals surface area contributed by atoms with E-state index in [1.165, 1.54) is 24.0 Å². The molecule has 0 radical (unpaired) electrons. The molecule has 1 aliphatic heterocycles. The van der Waals surface area contributed by atoms with Gasteiger partial charge in [-0.1, -0.05) is 91.9 Å². The van der Waals surface area contributed by atoms with Crippen molar-refractivity contribution in [1.29, 1.82) is 0 Å². The molecule has 1 aliphatic rings. The summed E-state index contributed by atoms with van der Waals surface area (Å²) in [5, 5.41) is 0. The molecule has 1 unspecified atom stereocenters. The Morgan fingerprint density at radius 2 is 1.76 bits per heavy atom. The lowest BCUT2D eigenvalue weighted by molar-refractivity contribution is -0.136. The Morgan fingerprint density at radius 3 is 2.41 bits per heavy atom. The van der Waals surface area contributed by atoms with Crippen molar-refractivity contribution >= 4 is 23.4 Å². The molecular formula is C33H32N2O5S. The van der Waals surface area contributed by atoms with Crippen molar-refractivity contribution in [3.8, 4) is 11.5 Å². The monoisotopic (exact) mass is 568 g/mol. The highest BCUT2D eigenvalue weighted by Gasteiger charge is 2.33. The molecule has 0 saturated carbocycles. The molecule has 4 aromatic rings. The van der Waals surface area contributed by atoms with E-state index in [-0.39, 0.29) is 5.56 Å². The standard InChI is InChI=1S/C33H32N2O5S/c1-20(2)23-14-16-24(17-15-23)29-28(32(37)39-5)21(3)34-33-35(29)31(36)27(41-33)18-25-12-9-13-26(38-4)30(25)40-19-22-10-7-6-8-11-22/h6-18,20,29H,19H2,1-5H3/b27-18-. The quantitative estimate of drug-likeness (QED) is 0.276. The van der Waals surface area contributed by atoms with Crippen LogP contribution in [0.3, 0.4) is 0 Å². The van der Waals surface area contributed by atoms with Crippen LogP contribution in [-0.2, 0) is 16.1 Å². The van der Waals surface area contributed by atoms with Crippen LogP contribution in [0.15, 0.2) is 93.9 Å². The number of nitrogens with zero attached hydrogens (tertiary/aromatic N) is 2. The third-order valence-corrected chi connectivity index (χ3v) is 8.07. The number of rotatable bonds is 8. The van der Waals surface area contributed by atoms with Gasteiger partial charge in [-0.3, -0.25) is 9.36 Å². The van der Waals surface area contributed by atoms with Crippen LogP contribution in [0.1, 0.15) is 55.0 Å². The van der Waals surface area contributed by atoms with Crippen molar-refractivity contribution in [2.24, 2.45) is 4.99 Å². The molecule has 2 heterocycles. The van der Waals surface area contributed by atoms with Gasteiger partial charge in [-0.15, -0.1) is 0 Å². The Balaban J connectivity index is 1.64. The number of thiazole rings is 1. The van der Waals surface area contributed by atoms with E-state index in [4.69, 9.17) is 14.2 Å². The summed E-state index contributed by atoms with van der Waals surface area (Å²) < 4.78 is 19.0. The van der Waals surface area contributed by atoms with Gasteiger partial charge in [0.1, 0.15) is 6.61 Å². The van der Waals surface area contributed by atoms with Crippen LogP contribution >= 0.6 is 11.3 Å². The van der Waals surface area contributed by atoms with Crippen molar-refractivity contribution in [3.05, 3.63) is 126 Å². The lowest BCUT2D eigenvalue weighted by Crippen LogP contribution is -2.39. The van der Waals surface area contributed by atoms with Crippen molar-refractivity contribution in [2.45, 2.75) is 39.3 Å². The fourth-order valence-corrected chi connectivity index (χ4v) is 5.94. The van der Waals surface area contributed by atoms with Gasteiger partial charge in [0.15, 0.2) is 16.3 Å². The molecule has 0 fully saturated rings. The van der Waals surface area contributed by atoms with Gasteiger partial charge in [-0.2, -0.15) is 0 Å². The maximum absolute atomic E-state index is 14.0. The smallest absolute Gasteiger partial charge is 0.338 e. The van der Waals surface area contributed by atoms with Gasteiger partial charge in [-0.25, -0.2) is 9.79 Å². The Hall–Kier alpha value is -4.43. The number of carbonyl (C=O) groups is 1. The van der Waals surface area contributed by atoms with Crippen molar-refractivity contribution in [1.82, 2.24) is 4.57 Å². The highest BCUT2D eigenvalue weighted by molar-refractivity contribution is 7.07. The predicted octanol–water partition coefficient (Wildman–Crippen LogP) is 5.12. The first-order valence-electron chi connectivity index (χ1n) is 13.4. The number of benzene rings is 3. The number of aromatic nitrogens is 1. The molecule has 0 bridgehead atoms. The fourth-order valence-electron chi connectivity index (χ4n) is 4.90. The summed E-state index contributed by atoms with van der Waals surface area (Å²) in [5.74, 6) is 0.943. The van der Waals surface area contributed by atoms with E-state index >= 15 is 0 Å². The van der Waals surface area contributed by atoms with Crippen molar-refractivity contribution in [2.75, 3.05) is 14.2 Å². The molecule has 3 aromatic carbocycles. The first-order chi connectivity index (χ1) is 19.8. The average Bonchev–Trinajstić information content (AvgIpc) is 3.29. The summed E-state index contributed by atoms with van der Waals surface area (Å²) in [5.41, 5.74) is 4.31. The minimum Gasteiger partial charge on any atom is -0.493 e. The van der Waals surface area contributed by atoms with E-state index in [0.29, 0.717) is 50.2 Å². The zero-order chi connectivity index (χ0) is 29.1. The largest absolute Gasteiger partial charge is 0.493 e. The molecule has 0 saturated heterocycles. The van der Waals surface area contributed by atoms with Crippen LogP contribution in [0, 0.1) is 0 Å². The highest BCUT2D eigenvalue weighted by Crippen LogP contribution is 2.33. The van der Waals surface area contributed by atoms with Gasteiger partial charge < -0.3 is 14.2 Å². The number of methoxy groups -OCH3 is 2. The zero-order valence-electron chi connectivity index (χ0n) is 23.7. The molecule has 1 atom stereocenters. The third kappa shape index (κ3) is 5.60. The number of hydrogen-bond acceptors (Lipinski definition) is 7. The summed E-state index contributed by atoms with van der Waals surface area (Å²) >= 11 is 1.27. The summed E-state index contributed by atoms with van der Waals surface area (Å²) in [6, 6.07) is 22.8. The molecule has 0 aliphatic carbocycles. The number of esters is 1. The lowest BCUT2D eigenvalue weighted by atomic mass is 9.93. The molecule has 210 valence electrons. The topological polar surface area (TPSA) is 79.1 Å². The fraction of sp³-hybridized carbons (Fsp3) is 0.242. The molecule has 8 heteroatoms. The molecule has 0 N–H and O–H groups in total. The molecule has 5 rings (SSSR count). The molecule has 0 amide bonds. The van der Waals surface area contributed by atoms with Gasteiger partial charge in [0.25, 0.3) is 5.56 Å². The van der Waals surface area contributed by atoms with E-state index in [9.17, 15) is 9.59 Å². The second-order valence-corrected chi connectivity index (χ2v) is 11.1. The Bertz CT molecular complexity index is 1780. The molecule has 41 heavy (non-hydrogen) atoms. The predicted molar refractivity (Wildman–Crippen MR) is 160 cm³/mol. The van der Waals surface area contributed by atoms with Gasteiger partial charge in [0.05, 0.1) is 36.1 Å². The maximum atomic E-state index is 14.0. The lowest BCUT2D eigenvalue weighted by Gasteiger charge is -2.24. The summed E-state index contributed by atoms with van der Waals surface area (Å²) in [6.45, 7) is 6.37. The van der Waals surface area contributed by atoms with Crippen LogP contribution in [0.2, 0.25) is 0 Å². The minimum atomic E-state index is -0.666. The van der Waals surface area contributed by atoms with E-state index in [2.05, 4.69) is 18.8 Å². The molecule has 0 spiro atoms. The minimum absolute atomic E-state index is 0.252. The third-order valence-electron chi connectivity index (χ3n) is 7.09. The summed E-state index contributed by atoms with van der Waals surface area (Å²) in [6.07, 6.45) is 1.79. The number of hydrogen-bond donors (Lipinski definition) is 0. The Kier molecular flexibility index (Phi) is 8.21. The van der Waals surface area contributed by atoms with Gasteiger partial charge in [0, 0.05) is 5.56 Å². The molecular weight excluding hydrogens is 536 g/mol. The average molecular weight is 569 g/mol. The van der Waals surface area contributed by atoms with Gasteiger partial charge >= 0.3 is 5.97 Å². The van der Waals surface area contributed by atoms with Crippen LogP contribution in [0.4, 0.5) is 0 Å². The van der Waals surface area contributed by atoms with Crippen LogP contribution in [-0.4, -0.2) is 24.8 Å². The van der Waals surface area contributed by atoms with Crippen molar-refractivity contribution < 1.29 is 19.0 Å². The normalized spacial score (nSPS) is 15.0. The molecule has 1 aromatic heterocycles. The van der Waals surface area contributed by atoms with Crippen LogP contribution in [0.25, 0.3) is 6.08 Å². The highest BCUT2D eigenvalue weighted by atomic mass is 32.1. The van der Waals surface area contributed by atoms with Gasteiger partial charge in [-0.05, 0) is 41.7 Å². The summed E-state index contributed by atoms with van der Waals surface area (Å²) in [4.78, 5) is 32.2.